The highest BCUT2D eigenvalue weighted by molar-refractivity contribution is 7.87. The van der Waals surface area contributed by atoms with Crippen molar-refractivity contribution in [2.75, 3.05) is 59.2 Å². The number of piperazine rings is 1. The molecule has 11 nitrogen and oxygen atoms in total. The molecule has 0 aliphatic carbocycles. The fourth-order valence-electron chi connectivity index (χ4n) is 5.84. The molecule has 48 heavy (non-hydrogen) atoms. The molecule has 5 N–H and O–H groups in total. The van der Waals surface area contributed by atoms with Crippen LogP contribution < -0.4 is 10.6 Å². The SMILES string of the molecule is CS#CC1O[C@@H](c2ccc(C)c(Cc3ccc(COCCC(=O)NC(C)(C)C(=O)NCCN4CCN(C)CC4)cc3)c2)[C@H](O)[C@@H](O)[C@@H]1O. The van der Waals surface area contributed by atoms with Gasteiger partial charge in [-0.25, -0.2) is 0 Å². The van der Waals surface area contributed by atoms with Gasteiger partial charge in [0.15, 0.2) is 0 Å². The summed E-state index contributed by atoms with van der Waals surface area (Å²) in [7, 11) is 2.11. The van der Waals surface area contributed by atoms with Gasteiger partial charge in [-0.2, -0.15) is 0 Å². The van der Waals surface area contributed by atoms with E-state index in [4.69, 9.17) is 9.47 Å². The highest BCUT2D eigenvalue weighted by Crippen LogP contribution is 2.33. The number of carbonyl (C=O) groups excluding carboxylic acids is 2. The smallest absolute Gasteiger partial charge is 0.245 e. The minimum absolute atomic E-state index is 0.148. The molecule has 2 aromatic carbocycles. The Labute approximate surface area is 288 Å². The van der Waals surface area contributed by atoms with Crippen LogP contribution in [-0.4, -0.2) is 126 Å². The van der Waals surface area contributed by atoms with Gasteiger partial charge in [0.25, 0.3) is 0 Å². The zero-order valence-electron chi connectivity index (χ0n) is 28.8. The number of aliphatic hydroxyl groups excluding tert-OH is 3. The van der Waals surface area contributed by atoms with Gasteiger partial charge in [-0.15, -0.1) is 11.2 Å². The van der Waals surface area contributed by atoms with Gasteiger partial charge < -0.3 is 40.3 Å². The number of amides is 2. The first-order valence-corrected chi connectivity index (χ1v) is 17.8. The third-order valence-electron chi connectivity index (χ3n) is 9.04. The molecule has 4 rings (SSSR count). The normalized spacial score (nSPS) is 23.7. The molecule has 0 radical (unpaired) electrons. The predicted molar refractivity (Wildman–Crippen MR) is 187 cm³/mol. The summed E-state index contributed by atoms with van der Waals surface area (Å²) in [6.45, 7) is 11.4. The van der Waals surface area contributed by atoms with Crippen LogP contribution in [0.1, 0.15) is 54.2 Å². The van der Waals surface area contributed by atoms with Crippen LogP contribution in [0.5, 0.6) is 0 Å². The quantitative estimate of drug-likeness (QED) is 0.199. The van der Waals surface area contributed by atoms with Gasteiger partial charge in [-0.05, 0) is 62.1 Å². The maximum atomic E-state index is 12.7. The lowest BCUT2D eigenvalue weighted by Crippen LogP contribution is -2.56. The van der Waals surface area contributed by atoms with E-state index in [1.165, 1.54) is 11.2 Å². The molecule has 264 valence electrons. The first kappa shape index (κ1) is 37.9. The van der Waals surface area contributed by atoms with Crippen molar-refractivity contribution in [3.8, 4) is 5.18 Å². The molecule has 2 fully saturated rings. The van der Waals surface area contributed by atoms with Crippen LogP contribution in [0.25, 0.3) is 0 Å². The van der Waals surface area contributed by atoms with Crippen molar-refractivity contribution in [2.24, 2.45) is 0 Å². The number of nitrogens with one attached hydrogen (secondary N) is 2. The molecule has 2 saturated heterocycles. The van der Waals surface area contributed by atoms with E-state index in [0.29, 0.717) is 19.6 Å². The Balaban J connectivity index is 1.20. The van der Waals surface area contributed by atoms with E-state index in [9.17, 15) is 24.9 Å². The molecule has 12 heteroatoms. The van der Waals surface area contributed by atoms with Crippen molar-refractivity contribution in [1.29, 1.82) is 0 Å². The molecule has 0 saturated carbocycles. The lowest BCUT2D eigenvalue weighted by atomic mass is 9.89. The zero-order chi connectivity index (χ0) is 34.8. The van der Waals surface area contributed by atoms with Crippen LogP contribution in [0.15, 0.2) is 42.5 Å². The summed E-state index contributed by atoms with van der Waals surface area (Å²) in [6, 6.07) is 13.9. The standard InChI is InChI=1S/C36H52N4O7S/c1-24-6-11-27(34-33(44)32(43)31(42)29(47-34)23-48-5)21-28(24)20-25-7-9-26(10-8-25)22-46-19-12-30(41)38-36(2,3)35(45)37-13-14-40-17-15-39(4)16-18-40/h6-11,21,29,31-34,42-44H,12-20,22H2,1-5H3,(H,37,45)(H,38,41)/t29?,31-,32+,33-,34+/m1/s1. The first-order valence-electron chi connectivity index (χ1n) is 16.6. The summed E-state index contributed by atoms with van der Waals surface area (Å²) in [6.07, 6.45) is -2.88. The highest BCUT2D eigenvalue weighted by Gasteiger charge is 2.43. The fraction of sp³-hybridized carbons (Fsp3) is 0.583. The molecule has 0 aromatic heterocycles. The predicted octanol–water partition coefficient (Wildman–Crippen LogP) is 1.60. The van der Waals surface area contributed by atoms with Gasteiger partial charge in [0.1, 0.15) is 36.1 Å². The molecule has 2 amide bonds. The molecule has 2 aliphatic rings. The van der Waals surface area contributed by atoms with E-state index in [-0.39, 0.29) is 24.8 Å². The van der Waals surface area contributed by atoms with E-state index in [1.54, 1.807) is 20.1 Å². The van der Waals surface area contributed by atoms with Gasteiger partial charge >= 0.3 is 0 Å². The van der Waals surface area contributed by atoms with Crippen LogP contribution in [-0.2, 0) is 32.1 Å². The third-order valence-corrected chi connectivity index (χ3v) is 9.51. The molecular formula is C36H52N4O7S. The molecule has 0 bridgehead atoms. The molecule has 1 unspecified atom stereocenters. The number of aliphatic hydroxyl groups is 3. The summed E-state index contributed by atoms with van der Waals surface area (Å²) in [5.74, 6) is -0.446. The average molecular weight is 685 g/mol. The number of nitrogens with zero attached hydrogens (tertiary/aromatic N) is 2. The highest BCUT2D eigenvalue weighted by atomic mass is 32.1. The Bertz CT molecular complexity index is 1440. The zero-order valence-corrected chi connectivity index (χ0v) is 29.6. The summed E-state index contributed by atoms with van der Waals surface area (Å²) in [5, 5.41) is 40.1. The summed E-state index contributed by atoms with van der Waals surface area (Å²) in [4.78, 5) is 29.9. The van der Waals surface area contributed by atoms with E-state index in [0.717, 1.165) is 60.5 Å². The maximum absolute atomic E-state index is 12.7. The number of rotatable bonds is 13. The van der Waals surface area contributed by atoms with Crippen molar-refractivity contribution < 1.29 is 34.4 Å². The van der Waals surface area contributed by atoms with E-state index >= 15 is 0 Å². The second-order valence-corrected chi connectivity index (χ2v) is 14.0. The van der Waals surface area contributed by atoms with Crippen LogP contribution in [0.4, 0.5) is 0 Å². The van der Waals surface area contributed by atoms with Crippen LogP contribution in [0.2, 0.25) is 0 Å². The van der Waals surface area contributed by atoms with Crippen molar-refractivity contribution in [1.82, 2.24) is 20.4 Å². The molecule has 2 heterocycles. The van der Waals surface area contributed by atoms with Gasteiger partial charge in [0.05, 0.1) is 19.6 Å². The lowest BCUT2D eigenvalue weighted by Gasteiger charge is -2.39. The number of likely N-dealkylation sites (N-methyl/N-ethyl adjacent to an activating group) is 1. The number of hydrogen-bond donors (Lipinski definition) is 5. The van der Waals surface area contributed by atoms with Crippen molar-refractivity contribution in [3.63, 3.8) is 0 Å². The molecule has 5 atom stereocenters. The Morgan fingerprint density at radius 3 is 2.40 bits per heavy atom. The topological polar surface area (TPSA) is 144 Å². The van der Waals surface area contributed by atoms with Crippen molar-refractivity contribution in [2.45, 2.75) is 76.3 Å². The summed E-state index contributed by atoms with van der Waals surface area (Å²) in [5.41, 5.74) is 3.91. The van der Waals surface area contributed by atoms with Gasteiger partial charge in [-0.1, -0.05) is 47.6 Å². The minimum Gasteiger partial charge on any atom is -0.387 e. The third kappa shape index (κ3) is 10.5. The molecule has 2 aromatic rings. The second-order valence-electron chi connectivity index (χ2n) is 13.3. The Morgan fingerprint density at radius 2 is 1.71 bits per heavy atom. The number of carbonyl (C=O) groups is 2. The molecule has 2 aliphatic heterocycles. The maximum Gasteiger partial charge on any atom is 0.245 e. The van der Waals surface area contributed by atoms with Crippen LogP contribution in [0.3, 0.4) is 0 Å². The largest absolute Gasteiger partial charge is 0.387 e. The van der Waals surface area contributed by atoms with Crippen LogP contribution in [0, 0.1) is 12.1 Å². The first-order chi connectivity index (χ1) is 22.9. The van der Waals surface area contributed by atoms with Gasteiger partial charge in [0, 0.05) is 45.5 Å². The van der Waals surface area contributed by atoms with E-state index in [2.05, 4.69) is 32.7 Å². The molecular weight excluding hydrogens is 632 g/mol. The lowest BCUT2D eigenvalue weighted by molar-refractivity contribution is -0.209. The van der Waals surface area contributed by atoms with E-state index in [1.807, 2.05) is 49.4 Å². The molecule has 0 spiro atoms. The fourth-order valence-corrected chi connectivity index (χ4v) is 6.27. The van der Waals surface area contributed by atoms with Gasteiger partial charge in [0.2, 0.25) is 11.8 Å². The summed E-state index contributed by atoms with van der Waals surface area (Å²) < 4.78 is 11.7. The monoisotopic (exact) mass is 684 g/mol. The minimum atomic E-state index is -1.34. The van der Waals surface area contributed by atoms with E-state index < -0.39 is 36.1 Å². The van der Waals surface area contributed by atoms with Gasteiger partial charge in [-0.3, -0.25) is 14.5 Å². The number of benzene rings is 2. The van der Waals surface area contributed by atoms with Crippen molar-refractivity contribution >= 4 is 23.0 Å². The Kier molecular flexibility index (Phi) is 14.0. The number of hydrogen-bond acceptors (Lipinski definition) is 9. The van der Waals surface area contributed by atoms with Crippen molar-refractivity contribution in [3.05, 3.63) is 70.3 Å². The number of aryl methyl sites for hydroxylation is 1. The Hall–Kier alpha value is -2.90. The Morgan fingerprint density at radius 1 is 1.02 bits per heavy atom. The second kappa shape index (κ2) is 17.7. The number of ether oxygens (including phenoxy) is 2. The summed E-state index contributed by atoms with van der Waals surface area (Å²) >= 11 is 1.27. The van der Waals surface area contributed by atoms with Crippen LogP contribution >= 0.6 is 11.2 Å². The average Bonchev–Trinajstić information content (AvgIpc) is 3.06.